The van der Waals surface area contributed by atoms with Crippen LogP contribution in [0, 0.1) is 11.8 Å². The van der Waals surface area contributed by atoms with Crippen molar-refractivity contribution in [1.29, 1.82) is 0 Å². The summed E-state index contributed by atoms with van der Waals surface area (Å²) in [6.07, 6.45) is 0.910. The third kappa shape index (κ3) is 4.60. The second kappa shape index (κ2) is 11.1. The molecule has 2 N–H and O–H groups in total. The lowest BCUT2D eigenvalue weighted by atomic mass is 9.64. The molecule has 7 rings (SSSR count). The Morgan fingerprint density at radius 3 is 1.38 bits per heavy atom. The number of anilines is 2. The summed E-state index contributed by atoms with van der Waals surface area (Å²) >= 11 is 12.1. The zero-order valence-corrected chi connectivity index (χ0v) is 25.7. The Bertz CT molecular complexity index is 1700. The summed E-state index contributed by atoms with van der Waals surface area (Å²) in [5.41, 5.74) is -0.964. The number of hydrogen-bond donors (Lipinski definition) is 2. The first kappa shape index (κ1) is 29.7. The number of nitrogens with zero attached hydrogens (tertiary/aromatic N) is 2. The van der Waals surface area contributed by atoms with E-state index in [2.05, 4.69) is 0 Å². The molecule has 3 aliphatic rings. The summed E-state index contributed by atoms with van der Waals surface area (Å²) in [5.74, 6) is -4.03. The summed E-state index contributed by atoms with van der Waals surface area (Å²) < 4.78 is 0. The van der Waals surface area contributed by atoms with E-state index in [4.69, 9.17) is 23.2 Å². The van der Waals surface area contributed by atoms with Gasteiger partial charge in [-0.15, -0.1) is 0 Å². The molecule has 0 bridgehead atoms. The first-order valence-corrected chi connectivity index (χ1v) is 15.7. The minimum atomic E-state index is -2.15. The fourth-order valence-corrected chi connectivity index (χ4v) is 7.59. The maximum Gasteiger partial charge on any atom is 0.264 e. The quantitative estimate of drug-likeness (QED) is 0.264. The predicted octanol–water partition coefficient (Wildman–Crippen LogP) is 6.15. The van der Waals surface area contributed by atoms with Crippen LogP contribution in [0.2, 0.25) is 10.0 Å². The number of rotatable bonds is 6. The minimum Gasteiger partial charge on any atom is -0.375 e. The number of ketones is 1. The molecule has 1 aliphatic carbocycles. The maximum absolute atomic E-state index is 14.5. The molecule has 45 heavy (non-hydrogen) atoms. The lowest BCUT2D eigenvalue weighted by molar-refractivity contribution is -0.165. The van der Waals surface area contributed by atoms with Crippen molar-refractivity contribution in [3.63, 3.8) is 0 Å². The first-order chi connectivity index (χ1) is 21.6. The number of para-hydroxylation sites is 2. The minimum absolute atomic E-state index is 0.176. The molecule has 4 aromatic carbocycles. The summed E-state index contributed by atoms with van der Waals surface area (Å²) in [5, 5.41) is 25.8. The van der Waals surface area contributed by atoms with Crippen LogP contribution in [0.25, 0.3) is 0 Å². The van der Waals surface area contributed by atoms with Crippen molar-refractivity contribution in [2.75, 3.05) is 9.80 Å². The van der Waals surface area contributed by atoms with Gasteiger partial charge >= 0.3 is 0 Å². The van der Waals surface area contributed by atoms with E-state index in [0.717, 1.165) is 11.1 Å². The van der Waals surface area contributed by atoms with E-state index in [1.54, 1.807) is 72.8 Å². The third-order valence-corrected chi connectivity index (χ3v) is 10.0. The van der Waals surface area contributed by atoms with E-state index in [-0.39, 0.29) is 25.9 Å². The Kier molecular flexibility index (Phi) is 7.33. The molecule has 0 radical (unpaired) electrons. The van der Waals surface area contributed by atoms with Crippen molar-refractivity contribution in [2.45, 2.75) is 43.6 Å². The van der Waals surface area contributed by atoms with Crippen LogP contribution in [0.4, 0.5) is 11.4 Å². The Hall–Kier alpha value is -4.01. The van der Waals surface area contributed by atoms with Crippen molar-refractivity contribution in [1.82, 2.24) is 0 Å². The van der Waals surface area contributed by atoms with Gasteiger partial charge in [-0.1, -0.05) is 90.3 Å². The number of hydrogen-bond acceptors (Lipinski definition) is 5. The summed E-state index contributed by atoms with van der Waals surface area (Å²) in [7, 11) is 0. The molecular weight excluding hydrogens is 611 g/mol. The number of aliphatic hydroxyl groups is 2. The number of amides is 2. The SMILES string of the molecule is O=C1C(C2(O)C(=O)N(Cc3ccc(Cl)cc3)c3ccccc32)CCCC1C1(O)C(=O)N(Cc2ccc(Cl)cc2)c2ccccc21. The molecule has 9 heteroatoms. The lowest BCUT2D eigenvalue weighted by Gasteiger charge is -2.41. The standard InChI is InChI=1S/C36H30Cl2N2O5/c37-24-16-12-22(13-17-24)20-39-30-10-3-1-6-26(30)35(44,33(39)42)28-8-5-9-29(32(28)41)36(45)27-7-2-4-11-31(27)40(34(36)43)21-23-14-18-25(38)19-15-23/h1-4,6-7,10-19,28-29,44-45H,5,8-9,20-21H2. The van der Waals surface area contributed by atoms with Gasteiger partial charge in [0.1, 0.15) is 5.78 Å². The zero-order valence-electron chi connectivity index (χ0n) is 24.2. The van der Waals surface area contributed by atoms with Crippen molar-refractivity contribution in [3.8, 4) is 0 Å². The Morgan fingerprint density at radius 1 is 0.600 bits per heavy atom. The van der Waals surface area contributed by atoms with Crippen LogP contribution in [0.3, 0.4) is 0 Å². The van der Waals surface area contributed by atoms with E-state index in [1.165, 1.54) is 9.80 Å². The molecular formula is C36H30Cl2N2O5. The van der Waals surface area contributed by atoms with Crippen LogP contribution >= 0.6 is 23.2 Å². The molecule has 2 amide bonds. The van der Waals surface area contributed by atoms with Crippen molar-refractivity contribution in [2.24, 2.45) is 11.8 Å². The van der Waals surface area contributed by atoms with Gasteiger partial charge in [0, 0.05) is 21.2 Å². The van der Waals surface area contributed by atoms with Crippen LogP contribution in [0.15, 0.2) is 97.1 Å². The van der Waals surface area contributed by atoms with Crippen LogP contribution in [-0.2, 0) is 38.7 Å². The van der Waals surface area contributed by atoms with Gasteiger partial charge in [0.15, 0.2) is 11.2 Å². The molecule has 2 heterocycles. The number of carbonyl (C=O) groups is 3. The average Bonchev–Trinajstić information content (AvgIpc) is 3.40. The summed E-state index contributed by atoms with van der Waals surface area (Å²) in [4.78, 5) is 45.9. The van der Waals surface area contributed by atoms with Gasteiger partial charge in [0.25, 0.3) is 11.8 Å². The van der Waals surface area contributed by atoms with Crippen molar-refractivity contribution >= 4 is 52.2 Å². The lowest BCUT2D eigenvalue weighted by Crippen LogP contribution is -2.56. The van der Waals surface area contributed by atoms with E-state index >= 15 is 0 Å². The highest BCUT2D eigenvalue weighted by Gasteiger charge is 2.63. The third-order valence-electron chi connectivity index (χ3n) is 9.54. The molecule has 1 fully saturated rings. The van der Waals surface area contributed by atoms with E-state index < -0.39 is 40.6 Å². The van der Waals surface area contributed by atoms with Gasteiger partial charge < -0.3 is 20.0 Å². The number of Topliss-reactive ketones (excluding diaryl/α,β-unsaturated/α-hetero) is 1. The monoisotopic (exact) mass is 640 g/mol. The van der Waals surface area contributed by atoms with Crippen LogP contribution in [0.5, 0.6) is 0 Å². The van der Waals surface area contributed by atoms with E-state index in [1.807, 2.05) is 24.3 Å². The van der Waals surface area contributed by atoms with Crippen molar-refractivity contribution in [3.05, 3.63) is 129 Å². The average molecular weight is 642 g/mol. The summed E-state index contributed by atoms with van der Waals surface area (Å²) in [6, 6.07) is 28.1. The predicted molar refractivity (Wildman–Crippen MR) is 172 cm³/mol. The molecule has 4 unspecified atom stereocenters. The fourth-order valence-electron chi connectivity index (χ4n) is 7.34. The smallest absolute Gasteiger partial charge is 0.264 e. The Morgan fingerprint density at radius 2 is 0.978 bits per heavy atom. The Labute approximate surface area is 270 Å². The molecule has 0 aromatic heterocycles. The van der Waals surface area contributed by atoms with Gasteiger partial charge in [-0.3, -0.25) is 14.4 Å². The number of halogens is 2. The van der Waals surface area contributed by atoms with E-state index in [9.17, 15) is 24.6 Å². The second-order valence-electron chi connectivity index (χ2n) is 12.0. The van der Waals surface area contributed by atoms with Gasteiger partial charge in [0.05, 0.1) is 36.3 Å². The highest BCUT2D eigenvalue weighted by atomic mass is 35.5. The van der Waals surface area contributed by atoms with Gasteiger partial charge in [0.2, 0.25) is 0 Å². The highest BCUT2D eigenvalue weighted by molar-refractivity contribution is 6.30. The molecule has 1 saturated carbocycles. The molecule has 0 spiro atoms. The maximum atomic E-state index is 14.5. The zero-order chi connectivity index (χ0) is 31.5. The van der Waals surface area contributed by atoms with Crippen LogP contribution in [-0.4, -0.2) is 27.8 Å². The first-order valence-electron chi connectivity index (χ1n) is 14.9. The van der Waals surface area contributed by atoms with Crippen LogP contribution < -0.4 is 9.80 Å². The molecule has 2 aliphatic heterocycles. The molecule has 4 atom stereocenters. The topological polar surface area (TPSA) is 98.1 Å². The largest absolute Gasteiger partial charge is 0.375 e. The Balaban J connectivity index is 1.24. The number of benzene rings is 4. The molecule has 7 nitrogen and oxygen atoms in total. The van der Waals surface area contributed by atoms with Crippen molar-refractivity contribution < 1.29 is 24.6 Å². The van der Waals surface area contributed by atoms with E-state index in [0.29, 0.717) is 39.0 Å². The van der Waals surface area contributed by atoms with Gasteiger partial charge in [-0.2, -0.15) is 0 Å². The summed E-state index contributed by atoms with van der Waals surface area (Å²) in [6.45, 7) is 0.351. The fraction of sp³-hybridized carbons (Fsp3) is 0.250. The molecule has 0 saturated heterocycles. The highest BCUT2D eigenvalue weighted by Crippen LogP contribution is 2.54. The normalized spacial score (nSPS) is 25.9. The van der Waals surface area contributed by atoms with Crippen LogP contribution in [0.1, 0.15) is 41.5 Å². The number of carbonyl (C=O) groups excluding carboxylic acids is 3. The molecule has 228 valence electrons. The second-order valence-corrected chi connectivity index (χ2v) is 12.9. The molecule has 4 aromatic rings. The number of fused-ring (bicyclic) bond motifs is 2. The van der Waals surface area contributed by atoms with Gasteiger partial charge in [-0.05, 0) is 60.4 Å². The van der Waals surface area contributed by atoms with Gasteiger partial charge in [-0.25, -0.2) is 0 Å².